The Bertz CT molecular complexity index is 800. The van der Waals surface area contributed by atoms with Crippen LogP contribution in [-0.4, -0.2) is 48.4 Å². The van der Waals surface area contributed by atoms with Gasteiger partial charge in [0.1, 0.15) is 5.82 Å². The number of aromatic nitrogens is 1. The smallest absolute Gasteiger partial charge is 0.217 e. The molecule has 7 heteroatoms. The third kappa shape index (κ3) is 4.33. The van der Waals surface area contributed by atoms with Crippen molar-refractivity contribution in [3.63, 3.8) is 0 Å². The van der Waals surface area contributed by atoms with Gasteiger partial charge in [-0.1, -0.05) is 0 Å². The van der Waals surface area contributed by atoms with Gasteiger partial charge >= 0.3 is 0 Å². The summed E-state index contributed by atoms with van der Waals surface area (Å²) >= 11 is 0. The molecule has 1 unspecified atom stereocenters. The predicted molar refractivity (Wildman–Crippen MR) is 101 cm³/mol. The van der Waals surface area contributed by atoms with Crippen LogP contribution in [0.25, 0.3) is 10.9 Å². The van der Waals surface area contributed by atoms with Gasteiger partial charge in [0, 0.05) is 50.2 Å². The molecule has 1 aromatic carbocycles. The van der Waals surface area contributed by atoms with E-state index in [1.165, 1.54) is 6.07 Å². The van der Waals surface area contributed by atoms with Crippen molar-refractivity contribution in [2.75, 3.05) is 26.7 Å². The van der Waals surface area contributed by atoms with Crippen LogP contribution in [0.5, 0.6) is 0 Å². The van der Waals surface area contributed by atoms with Crippen LogP contribution in [0, 0.1) is 11.7 Å². The lowest BCUT2D eigenvalue weighted by Gasteiger charge is -2.34. The zero-order valence-electron chi connectivity index (χ0n) is 15.1. The van der Waals surface area contributed by atoms with Crippen LogP contribution < -0.4 is 11.1 Å². The molecule has 1 amide bonds. The highest BCUT2D eigenvalue weighted by atomic mass is 19.1. The highest BCUT2D eigenvalue weighted by molar-refractivity contribution is 5.83. The maximum Gasteiger partial charge on any atom is 0.217 e. The molecular formula is C19H26FN5O. The molecule has 0 spiro atoms. The third-order valence-electron chi connectivity index (χ3n) is 4.93. The highest BCUT2D eigenvalue weighted by Gasteiger charge is 2.23. The molecule has 3 rings (SSSR count). The molecule has 1 atom stereocenters. The number of aromatic amines is 1. The number of benzene rings is 1. The number of nitrogens with two attached hydrogens (primary N) is 1. The average molecular weight is 359 g/mol. The number of amides is 1. The van der Waals surface area contributed by atoms with Crippen molar-refractivity contribution in [2.24, 2.45) is 16.6 Å². The number of H-pyrrole nitrogens is 1. The van der Waals surface area contributed by atoms with E-state index >= 15 is 0 Å². The van der Waals surface area contributed by atoms with Crippen molar-refractivity contribution >= 4 is 22.8 Å². The summed E-state index contributed by atoms with van der Waals surface area (Å²) in [5.41, 5.74) is 7.35. The molecule has 140 valence electrons. The van der Waals surface area contributed by atoms with Crippen LogP contribution in [0.1, 0.15) is 24.8 Å². The molecule has 1 aromatic heterocycles. The number of primary amides is 1. The Labute approximate surface area is 152 Å². The maximum absolute atomic E-state index is 13.5. The van der Waals surface area contributed by atoms with Gasteiger partial charge in [-0.25, -0.2) is 4.39 Å². The van der Waals surface area contributed by atoms with E-state index < -0.39 is 0 Å². The minimum atomic E-state index is -0.244. The first-order valence-corrected chi connectivity index (χ1v) is 9.06. The van der Waals surface area contributed by atoms with Gasteiger partial charge < -0.3 is 20.9 Å². The van der Waals surface area contributed by atoms with E-state index in [1.807, 2.05) is 6.20 Å². The van der Waals surface area contributed by atoms with Crippen molar-refractivity contribution in [3.05, 3.63) is 35.8 Å². The molecule has 4 N–H and O–H groups in total. The Morgan fingerprint density at radius 1 is 1.50 bits per heavy atom. The first-order chi connectivity index (χ1) is 12.6. The number of halogens is 1. The number of hydrogen-bond donors (Lipinski definition) is 3. The summed E-state index contributed by atoms with van der Waals surface area (Å²) < 4.78 is 13.5. The lowest BCUT2D eigenvalue weighted by atomic mass is 9.95. The number of carbonyl (C=O) groups excluding carboxylic acids is 1. The topological polar surface area (TPSA) is 86.5 Å². The van der Waals surface area contributed by atoms with E-state index in [4.69, 9.17) is 5.73 Å². The number of nitrogens with one attached hydrogen (secondary N) is 2. The lowest BCUT2D eigenvalue weighted by molar-refractivity contribution is -0.119. The fraction of sp³-hybridized carbons (Fsp3) is 0.474. The van der Waals surface area contributed by atoms with Crippen LogP contribution in [0.2, 0.25) is 0 Å². The van der Waals surface area contributed by atoms with Gasteiger partial charge in [0.05, 0.1) is 0 Å². The monoisotopic (exact) mass is 359 g/mol. The summed E-state index contributed by atoms with van der Waals surface area (Å²) in [6.45, 7) is 2.42. The summed E-state index contributed by atoms with van der Waals surface area (Å²) in [7, 11) is 1.76. The summed E-state index contributed by atoms with van der Waals surface area (Å²) in [4.78, 5) is 20.9. The van der Waals surface area contributed by atoms with Crippen LogP contribution in [0.4, 0.5) is 4.39 Å². The van der Waals surface area contributed by atoms with E-state index in [0.717, 1.165) is 54.8 Å². The number of hydrogen-bond acceptors (Lipinski definition) is 2. The van der Waals surface area contributed by atoms with Crippen molar-refractivity contribution < 1.29 is 9.18 Å². The third-order valence-corrected chi connectivity index (χ3v) is 4.93. The molecule has 0 saturated carbocycles. The Hall–Kier alpha value is -2.57. The lowest BCUT2D eigenvalue weighted by Crippen LogP contribution is -2.47. The molecule has 1 saturated heterocycles. The number of guanidine groups is 1. The van der Waals surface area contributed by atoms with Crippen LogP contribution in [-0.2, 0) is 11.2 Å². The number of likely N-dealkylation sites (tertiary alicyclic amines) is 1. The van der Waals surface area contributed by atoms with E-state index in [1.54, 1.807) is 19.2 Å². The van der Waals surface area contributed by atoms with Crippen molar-refractivity contribution in [1.29, 1.82) is 0 Å². The van der Waals surface area contributed by atoms with E-state index in [-0.39, 0.29) is 17.6 Å². The van der Waals surface area contributed by atoms with Gasteiger partial charge in [-0.05, 0) is 48.9 Å². The molecule has 2 heterocycles. The molecule has 0 aliphatic carbocycles. The van der Waals surface area contributed by atoms with E-state index in [2.05, 4.69) is 20.2 Å². The normalized spacial score (nSPS) is 18.3. The molecule has 1 fully saturated rings. The summed E-state index contributed by atoms with van der Waals surface area (Å²) in [5.74, 6) is 0.656. The number of fused-ring (bicyclic) bond motifs is 1. The number of piperidine rings is 1. The van der Waals surface area contributed by atoms with Crippen LogP contribution in [0.15, 0.2) is 29.4 Å². The second-order valence-corrected chi connectivity index (χ2v) is 6.85. The first kappa shape index (κ1) is 18.2. The largest absolute Gasteiger partial charge is 0.370 e. The molecule has 2 aromatic rings. The fourth-order valence-electron chi connectivity index (χ4n) is 3.71. The Morgan fingerprint density at radius 2 is 2.35 bits per heavy atom. The van der Waals surface area contributed by atoms with Gasteiger partial charge in [0.2, 0.25) is 5.91 Å². The number of nitrogens with zero attached hydrogens (tertiary/aromatic N) is 2. The SMILES string of the molecule is CN=C(NCCc1c[nH]c2ccc(F)cc12)N1CCCC(CC(N)=O)C1. The van der Waals surface area contributed by atoms with Crippen LogP contribution >= 0.6 is 0 Å². The van der Waals surface area contributed by atoms with Gasteiger partial charge in [-0.2, -0.15) is 0 Å². The maximum atomic E-state index is 13.5. The number of rotatable bonds is 5. The molecule has 1 aliphatic rings. The number of carbonyl (C=O) groups is 1. The van der Waals surface area contributed by atoms with Gasteiger partial charge in [0.25, 0.3) is 0 Å². The summed E-state index contributed by atoms with van der Waals surface area (Å²) in [6.07, 6.45) is 5.17. The minimum absolute atomic E-state index is 0.226. The molecule has 6 nitrogen and oxygen atoms in total. The van der Waals surface area contributed by atoms with E-state index in [0.29, 0.717) is 13.0 Å². The van der Waals surface area contributed by atoms with Crippen molar-refractivity contribution in [2.45, 2.75) is 25.7 Å². The second kappa shape index (κ2) is 8.21. The number of aliphatic imine (C=N–C) groups is 1. The molecule has 1 aliphatic heterocycles. The summed E-state index contributed by atoms with van der Waals surface area (Å²) in [5, 5.41) is 4.30. The predicted octanol–water partition coefficient (Wildman–Crippen LogP) is 2.01. The van der Waals surface area contributed by atoms with Crippen molar-refractivity contribution in [3.8, 4) is 0 Å². The molecule has 0 bridgehead atoms. The minimum Gasteiger partial charge on any atom is -0.370 e. The van der Waals surface area contributed by atoms with Gasteiger partial charge in [-0.15, -0.1) is 0 Å². The Morgan fingerprint density at radius 3 is 3.12 bits per heavy atom. The van der Waals surface area contributed by atoms with Crippen LogP contribution in [0.3, 0.4) is 0 Å². The standard InChI is InChI=1S/C19H26FN5O/c1-22-19(25-8-2-3-13(12-25)9-18(21)26)23-7-6-14-11-24-17-5-4-15(20)10-16(14)17/h4-5,10-11,13,24H,2-3,6-9,12H2,1H3,(H2,21,26)(H,22,23). The molecule has 0 radical (unpaired) electrons. The van der Waals surface area contributed by atoms with Crippen molar-refractivity contribution in [1.82, 2.24) is 15.2 Å². The van der Waals surface area contributed by atoms with Gasteiger partial charge in [0.15, 0.2) is 5.96 Å². The molecule has 26 heavy (non-hydrogen) atoms. The summed E-state index contributed by atoms with van der Waals surface area (Å²) in [6, 6.07) is 4.78. The zero-order valence-corrected chi connectivity index (χ0v) is 15.1. The second-order valence-electron chi connectivity index (χ2n) is 6.85. The average Bonchev–Trinajstić information content (AvgIpc) is 3.00. The quantitative estimate of drug-likeness (QED) is 0.564. The first-order valence-electron chi connectivity index (χ1n) is 9.06. The van der Waals surface area contributed by atoms with Gasteiger partial charge in [-0.3, -0.25) is 9.79 Å². The zero-order chi connectivity index (χ0) is 18.5. The Kier molecular flexibility index (Phi) is 5.75. The molecular weight excluding hydrogens is 333 g/mol. The Balaban J connectivity index is 1.57. The highest BCUT2D eigenvalue weighted by Crippen LogP contribution is 2.21. The van der Waals surface area contributed by atoms with E-state index in [9.17, 15) is 9.18 Å². The fourth-order valence-corrected chi connectivity index (χ4v) is 3.71.